The van der Waals surface area contributed by atoms with Gasteiger partial charge in [-0.25, -0.2) is 0 Å². The smallest absolute Gasteiger partial charge is 0.119 e. The Hall–Kier alpha value is -0.940. The van der Waals surface area contributed by atoms with Gasteiger partial charge in [-0.15, -0.1) is 10.2 Å². The van der Waals surface area contributed by atoms with E-state index >= 15 is 0 Å². The molecule has 0 spiro atoms. The summed E-state index contributed by atoms with van der Waals surface area (Å²) in [5.74, 6) is 0. The van der Waals surface area contributed by atoms with Crippen LogP contribution in [0.3, 0.4) is 0 Å². The van der Waals surface area contributed by atoms with Gasteiger partial charge in [0.05, 0.1) is 0 Å². The van der Waals surface area contributed by atoms with Crippen molar-refractivity contribution in [1.29, 1.82) is 0 Å². The van der Waals surface area contributed by atoms with Gasteiger partial charge in [0.1, 0.15) is 12.7 Å². The molecule has 0 aliphatic carbocycles. The Labute approximate surface area is 83.9 Å². The Bertz CT molecular complexity index is 250. The number of hydrogen-bond acceptors (Lipinski definition) is 4. The normalized spacial score (nSPS) is 20.1. The molecule has 14 heavy (non-hydrogen) atoms. The molecule has 0 aromatic carbocycles. The lowest BCUT2D eigenvalue weighted by atomic mass is 10.1. The van der Waals surface area contributed by atoms with Crippen molar-refractivity contribution >= 4 is 0 Å². The van der Waals surface area contributed by atoms with Crippen LogP contribution in [-0.4, -0.2) is 45.8 Å². The van der Waals surface area contributed by atoms with Crippen LogP contribution in [0.5, 0.6) is 0 Å². The summed E-state index contributed by atoms with van der Waals surface area (Å²) in [6, 6.07) is 0.582. The van der Waals surface area contributed by atoms with Crippen LogP contribution in [0.4, 0.5) is 0 Å². The molecule has 0 bridgehead atoms. The highest BCUT2D eigenvalue weighted by Gasteiger charge is 2.19. The topological polar surface area (TPSA) is 60.0 Å². The van der Waals surface area contributed by atoms with Crippen molar-refractivity contribution in [2.45, 2.75) is 18.9 Å². The second kappa shape index (κ2) is 4.52. The van der Waals surface area contributed by atoms with Gasteiger partial charge in [-0.1, -0.05) is 0 Å². The molecular formula is C9H17N5. The third-order valence-electron chi connectivity index (χ3n) is 2.86. The van der Waals surface area contributed by atoms with E-state index in [2.05, 4.69) is 19.7 Å². The Morgan fingerprint density at radius 3 is 2.43 bits per heavy atom. The Morgan fingerprint density at radius 2 is 1.86 bits per heavy atom. The summed E-state index contributed by atoms with van der Waals surface area (Å²) in [5, 5.41) is 7.66. The van der Waals surface area contributed by atoms with Crippen molar-refractivity contribution < 1.29 is 0 Å². The molecule has 5 heteroatoms. The number of piperidine rings is 1. The predicted octanol–water partition coefficient (Wildman–Crippen LogP) is -0.126. The van der Waals surface area contributed by atoms with Crippen LogP contribution in [0.25, 0.3) is 0 Å². The van der Waals surface area contributed by atoms with E-state index in [1.807, 2.05) is 12.7 Å². The van der Waals surface area contributed by atoms with Crippen LogP contribution in [0.1, 0.15) is 18.9 Å². The average Bonchev–Trinajstić information content (AvgIpc) is 2.72. The van der Waals surface area contributed by atoms with Crippen LogP contribution in [0.2, 0.25) is 0 Å². The predicted molar refractivity (Wildman–Crippen MR) is 53.8 cm³/mol. The summed E-state index contributed by atoms with van der Waals surface area (Å²) < 4.78 is 2.11. The number of nitrogens with zero attached hydrogens (tertiary/aromatic N) is 4. The van der Waals surface area contributed by atoms with Gasteiger partial charge in [0.25, 0.3) is 0 Å². The SMILES string of the molecule is NCCN1CCC(n2cnnc2)CC1. The van der Waals surface area contributed by atoms with Crippen molar-refractivity contribution in [3.8, 4) is 0 Å². The van der Waals surface area contributed by atoms with Gasteiger partial charge in [-0.2, -0.15) is 0 Å². The molecule has 5 nitrogen and oxygen atoms in total. The molecule has 0 amide bonds. The molecular weight excluding hydrogens is 178 g/mol. The minimum atomic E-state index is 0.582. The minimum Gasteiger partial charge on any atom is -0.329 e. The zero-order valence-electron chi connectivity index (χ0n) is 8.34. The van der Waals surface area contributed by atoms with Gasteiger partial charge in [0.2, 0.25) is 0 Å². The van der Waals surface area contributed by atoms with Crippen molar-refractivity contribution in [3.05, 3.63) is 12.7 Å². The van der Waals surface area contributed by atoms with Crippen LogP contribution < -0.4 is 5.73 Å². The zero-order chi connectivity index (χ0) is 9.80. The Morgan fingerprint density at radius 1 is 1.21 bits per heavy atom. The van der Waals surface area contributed by atoms with E-state index in [0.29, 0.717) is 6.04 Å². The van der Waals surface area contributed by atoms with Crippen LogP contribution in [0.15, 0.2) is 12.7 Å². The first-order valence-corrected chi connectivity index (χ1v) is 5.16. The summed E-state index contributed by atoms with van der Waals surface area (Å²) in [7, 11) is 0. The molecule has 1 aromatic rings. The maximum Gasteiger partial charge on any atom is 0.119 e. The molecule has 0 radical (unpaired) electrons. The highest BCUT2D eigenvalue weighted by atomic mass is 15.3. The molecule has 1 saturated heterocycles. The highest BCUT2D eigenvalue weighted by molar-refractivity contribution is 4.79. The van der Waals surface area contributed by atoms with Gasteiger partial charge in [-0.3, -0.25) is 0 Å². The first kappa shape index (κ1) is 9.61. The third-order valence-corrected chi connectivity index (χ3v) is 2.86. The molecule has 1 aliphatic heterocycles. The molecule has 78 valence electrons. The molecule has 2 N–H and O–H groups in total. The van der Waals surface area contributed by atoms with Crippen molar-refractivity contribution in [1.82, 2.24) is 19.7 Å². The lowest BCUT2D eigenvalue weighted by Gasteiger charge is -2.31. The lowest BCUT2D eigenvalue weighted by Crippen LogP contribution is -2.37. The van der Waals surface area contributed by atoms with E-state index in [-0.39, 0.29) is 0 Å². The second-order valence-corrected chi connectivity index (χ2v) is 3.77. The van der Waals surface area contributed by atoms with E-state index in [9.17, 15) is 0 Å². The maximum atomic E-state index is 5.52. The minimum absolute atomic E-state index is 0.582. The quantitative estimate of drug-likeness (QED) is 0.730. The van der Waals surface area contributed by atoms with Gasteiger partial charge in [-0.05, 0) is 12.8 Å². The van der Waals surface area contributed by atoms with Crippen LogP contribution >= 0.6 is 0 Å². The summed E-state index contributed by atoms with van der Waals surface area (Å²) in [6.07, 6.45) is 5.97. The van der Waals surface area contributed by atoms with Gasteiger partial charge < -0.3 is 15.2 Å². The van der Waals surface area contributed by atoms with E-state index in [1.54, 1.807) is 0 Å². The number of likely N-dealkylation sites (tertiary alicyclic amines) is 1. The van der Waals surface area contributed by atoms with Crippen molar-refractivity contribution in [2.75, 3.05) is 26.2 Å². The van der Waals surface area contributed by atoms with E-state index in [0.717, 1.165) is 26.2 Å². The standard InChI is InChI=1S/C9H17N5/c10-3-6-13-4-1-9(2-5-13)14-7-11-12-8-14/h7-9H,1-6,10H2. The summed E-state index contributed by atoms with van der Waals surface area (Å²) in [5.41, 5.74) is 5.52. The highest BCUT2D eigenvalue weighted by Crippen LogP contribution is 2.20. The van der Waals surface area contributed by atoms with Gasteiger partial charge >= 0.3 is 0 Å². The summed E-state index contributed by atoms with van der Waals surface area (Å²) >= 11 is 0. The third kappa shape index (κ3) is 2.10. The molecule has 1 aliphatic rings. The molecule has 2 heterocycles. The Balaban J connectivity index is 1.84. The number of hydrogen-bond donors (Lipinski definition) is 1. The van der Waals surface area contributed by atoms with Crippen LogP contribution in [0, 0.1) is 0 Å². The summed E-state index contributed by atoms with van der Waals surface area (Å²) in [4.78, 5) is 2.42. The van der Waals surface area contributed by atoms with Crippen molar-refractivity contribution in [2.24, 2.45) is 5.73 Å². The fourth-order valence-electron chi connectivity index (χ4n) is 2.02. The van der Waals surface area contributed by atoms with Gasteiger partial charge in [0.15, 0.2) is 0 Å². The van der Waals surface area contributed by atoms with Gasteiger partial charge in [0, 0.05) is 32.2 Å². The summed E-state index contributed by atoms with van der Waals surface area (Å²) in [6.45, 7) is 4.06. The number of aromatic nitrogens is 3. The first-order valence-electron chi connectivity index (χ1n) is 5.16. The van der Waals surface area contributed by atoms with E-state index < -0.39 is 0 Å². The van der Waals surface area contributed by atoms with Crippen molar-refractivity contribution in [3.63, 3.8) is 0 Å². The average molecular weight is 195 g/mol. The van der Waals surface area contributed by atoms with Crippen LogP contribution in [-0.2, 0) is 0 Å². The number of rotatable bonds is 3. The fraction of sp³-hybridized carbons (Fsp3) is 0.778. The largest absolute Gasteiger partial charge is 0.329 e. The Kier molecular flexibility index (Phi) is 3.10. The molecule has 0 unspecified atom stereocenters. The fourth-order valence-corrected chi connectivity index (χ4v) is 2.02. The molecule has 0 atom stereocenters. The zero-order valence-corrected chi connectivity index (χ0v) is 8.34. The maximum absolute atomic E-state index is 5.52. The second-order valence-electron chi connectivity index (χ2n) is 3.77. The van der Waals surface area contributed by atoms with E-state index in [4.69, 9.17) is 5.73 Å². The molecule has 2 rings (SSSR count). The molecule has 1 fully saturated rings. The van der Waals surface area contributed by atoms with E-state index in [1.165, 1.54) is 12.8 Å². The monoisotopic (exact) mass is 195 g/mol. The lowest BCUT2D eigenvalue weighted by molar-refractivity contribution is 0.190. The molecule has 1 aromatic heterocycles. The first-order chi connectivity index (χ1) is 6.90. The molecule has 0 saturated carbocycles. The number of nitrogens with two attached hydrogens (primary N) is 1.